The summed E-state index contributed by atoms with van der Waals surface area (Å²) in [7, 11) is 4.03. The van der Waals surface area contributed by atoms with Crippen LogP contribution >= 0.6 is 0 Å². The summed E-state index contributed by atoms with van der Waals surface area (Å²) in [6, 6.07) is 8.69. The second-order valence-electron chi connectivity index (χ2n) is 7.40. The molecule has 0 amide bonds. The molecule has 1 aromatic carbocycles. The van der Waals surface area contributed by atoms with E-state index in [1.807, 2.05) is 20.2 Å². The number of hydrogen-bond acceptors (Lipinski definition) is 4. The van der Waals surface area contributed by atoms with Crippen LogP contribution in [0.3, 0.4) is 0 Å². The summed E-state index contributed by atoms with van der Waals surface area (Å²) in [5.74, 6) is 1.09. The van der Waals surface area contributed by atoms with Gasteiger partial charge in [0.2, 0.25) is 0 Å². The fourth-order valence-corrected chi connectivity index (χ4v) is 3.78. The minimum atomic E-state index is -0.599. The van der Waals surface area contributed by atoms with E-state index in [1.54, 1.807) is 0 Å². The SMILES string of the molecule is CC(C)n1c(CN2CC[C@](O)(CN(C)C)C2)nc2ccccc21. The second-order valence-corrected chi connectivity index (χ2v) is 7.40. The van der Waals surface area contributed by atoms with Crippen molar-refractivity contribution in [3.05, 3.63) is 30.1 Å². The van der Waals surface area contributed by atoms with Crippen LogP contribution in [-0.4, -0.2) is 63.8 Å². The van der Waals surface area contributed by atoms with Gasteiger partial charge < -0.3 is 14.6 Å². The molecule has 1 aliphatic rings. The number of likely N-dealkylation sites (N-methyl/N-ethyl adjacent to an activating group) is 1. The zero-order chi connectivity index (χ0) is 16.6. The molecule has 0 saturated carbocycles. The van der Waals surface area contributed by atoms with Crippen LogP contribution in [-0.2, 0) is 6.54 Å². The van der Waals surface area contributed by atoms with Crippen molar-refractivity contribution in [2.24, 2.45) is 0 Å². The number of nitrogens with zero attached hydrogens (tertiary/aromatic N) is 4. The molecule has 2 heterocycles. The Morgan fingerprint density at radius 3 is 2.74 bits per heavy atom. The number of aliphatic hydroxyl groups is 1. The van der Waals surface area contributed by atoms with Crippen molar-refractivity contribution in [2.45, 2.75) is 38.5 Å². The lowest BCUT2D eigenvalue weighted by Crippen LogP contribution is -2.42. The van der Waals surface area contributed by atoms with Gasteiger partial charge in [0.1, 0.15) is 5.82 Å². The lowest BCUT2D eigenvalue weighted by molar-refractivity contribution is 0.0237. The first kappa shape index (κ1) is 16.4. The number of fused-ring (bicyclic) bond motifs is 1. The maximum absolute atomic E-state index is 10.7. The average molecular weight is 316 g/mol. The van der Waals surface area contributed by atoms with E-state index >= 15 is 0 Å². The van der Waals surface area contributed by atoms with Gasteiger partial charge in [0.05, 0.1) is 23.2 Å². The summed E-state index contributed by atoms with van der Waals surface area (Å²) in [4.78, 5) is 9.22. The first-order valence-electron chi connectivity index (χ1n) is 8.43. The van der Waals surface area contributed by atoms with Crippen LogP contribution in [0.15, 0.2) is 24.3 Å². The summed E-state index contributed by atoms with van der Waals surface area (Å²) in [6.07, 6.45) is 0.826. The molecular formula is C18H28N4O. The molecule has 5 nitrogen and oxygen atoms in total. The number of β-amino-alcohol motifs (C(OH)–C–C–N with tert-alkyl or cyclic N) is 1. The van der Waals surface area contributed by atoms with Crippen LogP contribution in [0.4, 0.5) is 0 Å². The molecule has 0 radical (unpaired) electrons. The molecule has 23 heavy (non-hydrogen) atoms. The highest BCUT2D eigenvalue weighted by Crippen LogP contribution is 2.26. The number of aromatic nitrogens is 2. The molecule has 1 fully saturated rings. The molecular weight excluding hydrogens is 288 g/mol. The monoisotopic (exact) mass is 316 g/mol. The van der Waals surface area contributed by atoms with Crippen molar-refractivity contribution < 1.29 is 5.11 Å². The Hall–Kier alpha value is -1.43. The van der Waals surface area contributed by atoms with Crippen LogP contribution in [0.5, 0.6) is 0 Å². The van der Waals surface area contributed by atoms with Gasteiger partial charge >= 0.3 is 0 Å². The third-order valence-electron chi connectivity index (χ3n) is 4.57. The minimum absolute atomic E-state index is 0.376. The molecule has 3 rings (SSSR count). The molecule has 0 aliphatic carbocycles. The van der Waals surface area contributed by atoms with Crippen molar-refractivity contribution >= 4 is 11.0 Å². The average Bonchev–Trinajstić information content (AvgIpc) is 2.98. The molecule has 126 valence electrons. The fraction of sp³-hybridized carbons (Fsp3) is 0.611. The lowest BCUT2D eigenvalue weighted by atomic mass is 10.0. The van der Waals surface area contributed by atoms with Gasteiger partial charge in [-0.1, -0.05) is 12.1 Å². The van der Waals surface area contributed by atoms with Gasteiger partial charge in [0.25, 0.3) is 0 Å². The Balaban J connectivity index is 1.81. The Labute approximate surface area is 138 Å². The van der Waals surface area contributed by atoms with Gasteiger partial charge in [-0.05, 0) is 46.5 Å². The summed E-state index contributed by atoms with van der Waals surface area (Å²) in [5.41, 5.74) is 1.65. The van der Waals surface area contributed by atoms with Crippen LogP contribution in [0, 0.1) is 0 Å². The quantitative estimate of drug-likeness (QED) is 0.918. The van der Waals surface area contributed by atoms with Gasteiger partial charge in [0, 0.05) is 25.7 Å². The summed E-state index contributed by atoms with van der Waals surface area (Å²) < 4.78 is 2.32. The Kier molecular flexibility index (Phi) is 4.45. The molecule has 1 aromatic heterocycles. The highest BCUT2D eigenvalue weighted by Gasteiger charge is 2.36. The molecule has 1 N–H and O–H groups in total. The van der Waals surface area contributed by atoms with Crippen molar-refractivity contribution in [3.63, 3.8) is 0 Å². The number of rotatable bonds is 5. The maximum Gasteiger partial charge on any atom is 0.124 e. The zero-order valence-corrected chi connectivity index (χ0v) is 14.7. The molecule has 1 saturated heterocycles. The molecule has 1 aliphatic heterocycles. The van der Waals surface area contributed by atoms with Crippen LogP contribution in [0.2, 0.25) is 0 Å². The Morgan fingerprint density at radius 1 is 1.30 bits per heavy atom. The second kappa shape index (κ2) is 6.23. The summed E-state index contributed by atoms with van der Waals surface area (Å²) in [6.45, 7) is 7.54. The Bertz CT molecular complexity index is 679. The van der Waals surface area contributed by atoms with E-state index in [1.165, 1.54) is 5.52 Å². The summed E-state index contributed by atoms with van der Waals surface area (Å²) in [5, 5.41) is 10.7. The fourth-order valence-electron chi connectivity index (χ4n) is 3.78. The van der Waals surface area contributed by atoms with Crippen LogP contribution in [0.1, 0.15) is 32.1 Å². The van der Waals surface area contributed by atoms with Gasteiger partial charge in [-0.3, -0.25) is 4.90 Å². The van der Waals surface area contributed by atoms with Crippen molar-refractivity contribution in [1.29, 1.82) is 0 Å². The highest BCUT2D eigenvalue weighted by atomic mass is 16.3. The van der Waals surface area contributed by atoms with Gasteiger partial charge in [-0.2, -0.15) is 0 Å². The van der Waals surface area contributed by atoms with E-state index in [9.17, 15) is 5.11 Å². The van der Waals surface area contributed by atoms with Crippen molar-refractivity contribution in [2.75, 3.05) is 33.7 Å². The van der Waals surface area contributed by atoms with E-state index in [0.29, 0.717) is 19.1 Å². The van der Waals surface area contributed by atoms with E-state index in [4.69, 9.17) is 4.98 Å². The minimum Gasteiger partial charge on any atom is -0.387 e. The van der Waals surface area contributed by atoms with Crippen molar-refractivity contribution in [3.8, 4) is 0 Å². The number of para-hydroxylation sites is 2. The topological polar surface area (TPSA) is 44.5 Å². The first-order valence-corrected chi connectivity index (χ1v) is 8.43. The third kappa shape index (κ3) is 3.42. The standard InChI is InChI=1S/C18H28N4O/c1-14(2)22-16-8-6-5-7-15(16)19-17(22)11-21-10-9-18(23,13-21)12-20(3)4/h5-8,14,23H,9-13H2,1-4H3/t18-/m0/s1. The highest BCUT2D eigenvalue weighted by molar-refractivity contribution is 5.76. The predicted molar refractivity (Wildman–Crippen MR) is 93.5 cm³/mol. The number of hydrogen-bond donors (Lipinski definition) is 1. The van der Waals surface area contributed by atoms with E-state index in [-0.39, 0.29) is 0 Å². The molecule has 2 aromatic rings. The first-order chi connectivity index (χ1) is 10.9. The predicted octanol–water partition coefficient (Wildman–Crippen LogP) is 2.12. The van der Waals surface area contributed by atoms with Gasteiger partial charge in [-0.15, -0.1) is 0 Å². The summed E-state index contributed by atoms with van der Waals surface area (Å²) >= 11 is 0. The van der Waals surface area contributed by atoms with Gasteiger partial charge in [-0.25, -0.2) is 4.98 Å². The normalized spacial score (nSPS) is 22.7. The van der Waals surface area contributed by atoms with E-state index in [0.717, 1.165) is 30.9 Å². The van der Waals surface area contributed by atoms with Crippen LogP contribution < -0.4 is 0 Å². The number of likely N-dealkylation sites (tertiary alicyclic amines) is 1. The van der Waals surface area contributed by atoms with E-state index < -0.39 is 5.60 Å². The smallest absolute Gasteiger partial charge is 0.124 e. The number of imidazole rings is 1. The largest absolute Gasteiger partial charge is 0.387 e. The third-order valence-corrected chi connectivity index (χ3v) is 4.57. The zero-order valence-electron chi connectivity index (χ0n) is 14.7. The lowest BCUT2D eigenvalue weighted by Gasteiger charge is -2.27. The molecule has 0 spiro atoms. The van der Waals surface area contributed by atoms with Crippen molar-refractivity contribution in [1.82, 2.24) is 19.4 Å². The Morgan fingerprint density at radius 2 is 2.04 bits per heavy atom. The van der Waals surface area contributed by atoms with Crippen LogP contribution in [0.25, 0.3) is 11.0 Å². The van der Waals surface area contributed by atoms with E-state index in [2.05, 4.69) is 46.4 Å². The number of benzene rings is 1. The molecule has 0 bridgehead atoms. The molecule has 0 unspecified atom stereocenters. The van der Waals surface area contributed by atoms with Gasteiger partial charge in [0.15, 0.2) is 0 Å². The molecule has 1 atom stereocenters. The molecule has 5 heteroatoms. The maximum atomic E-state index is 10.7.